The van der Waals surface area contributed by atoms with Crippen molar-refractivity contribution >= 4 is 0 Å². The van der Waals surface area contributed by atoms with E-state index in [2.05, 4.69) is 24.3 Å². The lowest BCUT2D eigenvalue weighted by molar-refractivity contribution is 0.315. The largest absolute Gasteiger partial charge is 0.330 e. The van der Waals surface area contributed by atoms with Gasteiger partial charge in [-0.1, -0.05) is 36.4 Å². The number of nitrogens with two attached hydrogens (primary N) is 1. The van der Waals surface area contributed by atoms with Crippen LogP contribution >= 0.6 is 0 Å². The summed E-state index contributed by atoms with van der Waals surface area (Å²) in [5.74, 6) is -0.180. The molecule has 0 fully saturated rings. The van der Waals surface area contributed by atoms with E-state index in [0.717, 1.165) is 19.3 Å². The van der Waals surface area contributed by atoms with Gasteiger partial charge in [-0.25, -0.2) is 4.39 Å². The van der Waals surface area contributed by atoms with Crippen LogP contribution in [0.5, 0.6) is 0 Å². The normalized spacial score (nSPS) is 16.3. The van der Waals surface area contributed by atoms with Crippen LogP contribution in [0.25, 0.3) is 0 Å². The molecule has 0 saturated heterocycles. The van der Waals surface area contributed by atoms with E-state index >= 15 is 0 Å². The highest BCUT2D eigenvalue weighted by Crippen LogP contribution is 2.38. The third-order valence-electron chi connectivity index (χ3n) is 4.17. The summed E-state index contributed by atoms with van der Waals surface area (Å²) in [7, 11) is 0. The van der Waals surface area contributed by atoms with Gasteiger partial charge in [0.1, 0.15) is 5.82 Å². The van der Waals surface area contributed by atoms with E-state index in [4.69, 9.17) is 5.73 Å². The van der Waals surface area contributed by atoms with E-state index in [0.29, 0.717) is 6.54 Å². The predicted octanol–water partition coefficient (Wildman–Crippen LogP) is 3.11. The van der Waals surface area contributed by atoms with Crippen molar-refractivity contribution in [1.29, 1.82) is 0 Å². The van der Waals surface area contributed by atoms with Crippen LogP contribution in [0.4, 0.5) is 4.39 Å². The molecule has 2 heteroatoms. The Balaban J connectivity index is 1.84. The van der Waals surface area contributed by atoms with Gasteiger partial charge < -0.3 is 5.73 Å². The van der Waals surface area contributed by atoms with Gasteiger partial charge in [0.2, 0.25) is 0 Å². The Bertz CT molecular complexity index is 549. The van der Waals surface area contributed by atoms with Gasteiger partial charge in [0.15, 0.2) is 0 Å². The average molecular weight is 255 g/mol. The van der Waals surface area contributed by atoms with Gasteiger partial charge in [-0.05, 0) is 60.0 Å². The smallest absolute Gasteiger partial charge is 0.123 e. The first-order chi connectivity index (χ1) is 9.21. The van der Waals surface area contributed by atoms with Gasteiger partial charge in [0.05, 0.1) is 0 Å². The molecule has 0 spiro atoms. The second-order valence-electron chi connectivity index (χ2n) is 5.63. The zero-order valence-electron chi connectivity index (χ0n) is 10.9. The summed E-state index contributed by atoms with van der Waals surface area (Å²) in [6.45, 7) is 0.666. The van der Waals surface area contributed by atoms with Crippen molar-refractivity contribution < 1.29 is 4.39 Å². The first kappa shape index (κ1) is 12.4. The standard InChI is InChI=1S/C17H18FN/c18-16-7-5-13(6-8-16)9-17(12-19)10-14-3-1-2-4-15(14)11-17/h1-8H,9-12,19H2. The first-order valence-corrected chi connectivity index (χ1v) is 6.72. The molecule has 2 N–H and O–H groups in total. The molecular weight excluding hydrogens is 237 g/mol. The van der Waals surface area contributed by atoms with Gasteiger partial charge in [0, 0.05) is 0 Å². The lowest BCUT2D eigenvalue weighted by atomic mass is 9.79. The van der Waals surface area contributed by atoms with E-state index in [1.165, 1.54) is 28.8 Å². The van der Waals surface area contributed by atoms with Crippen molar-refractivity contribution in [2.75, 3.05) is 6.54 Å². The SMILES string of the molecule is NCC1(Cc2ccc(F)cc2)Cc2ccccc2C1. The number of fused-ring (bicyclic) bond motifs is 1. The molecule has 1 aliphatic carbocycles. The Morgan fingerprint density at radius 2 is 1.53 bits per heavy atom. The van der Waals surface area contributed by atoms with Crippen LogP contribution in [0.3, 0.4) is 0 Å². The van der Waals surface area contributed by atoms with Gasteiger partial charge in [-0.3, -0.25) is 0 Å². The number of rotatable bonds is 3. The zero-order valence-corrected chi connectivity index (χ0v) is 10.9. The van der Waals surface area contributed by atoms with E-state index in [1.807, 2.05) is 12.1 Å². The van der Waals surface area contributed by atoms with Gasteiger partial charge in [0.25, 0.3) is 0 Å². The lowest BCUT2D eigenvalue weighted by Crippen LogP contribution is -2.33. The van der Waals surface area contributed by atoms with Crippen molar-refractivity contribution in [2.45, 2.75) is 19.3 Å². The van der Waals surface area contributed by atoms with Crippen LogP contribution in [0, 0.1) is 11.2 Å². The molecule has 98 valence electrons. The maximum Gasteiger partial charge on any atom is 0.123 e. The highest BCUT2D eigenvalue weighted by Gasteiger charge is 2.35. The molecule has 0 atom stereocenters. The molecular formula is C17H18FN. The maximum absolute atomic E-state index is 13.0. The Labute approximate surface area is 113 Å². The van der Waals surface area contributed by atoms with Crippen molar-refractivity contribution in [3.05, 3.63) is 71.0 Å². The summed E-state index contributed by atoms with van der Waals surface area (Å²) in [6.07, 6.45) is 2.96. The summed E-state index contributed by atoms with van der Waals surface area (Å²) < 4.78 is 13.0. The molecule has 2 aromatic carbocycles. The van der Waals surface area contributed by atoms with Crippen LogP contribution in [0.2, 0.25) is 0 Å². The molecule has 1 aliphatic rings. The molecule has 1 nitrogen and oxygen atoms in total. The topological polar surface area (TPSA) is 26.0 Å². The Morgan fingerprint density at radius 3 is 2.05 bits per heavy atom. The fourth-order valence-electron chi connectivity index (χ4n) is 3.15. The summed E-state index contributed by atoms with van der Waals surface area (Å²) >= 11 is 0. The summed E-state index contributed by atoms with van der Waals surface area (Å²) in [5, 5.41) is 0. The first-order valence-electron chi connectivity index (χ1n) is 6.72. The monoisotopic (exact) mass is 255 g/mol. The average Bonchev–Trinajstić information content (AvgIpc) is 2.80. The Hall–Kier alpha value is -1.67. The minimum absolute atomic E-state index is 0.0987. The number of hydrogen-bond acceptors (Lipinski definition) is 1. The minimum Gasteiger partial charge on any atom is -0.330 e. The molecule has 0 radical (unpaired) electrons. The maximum atomic E-state index is 13.0. The van der Waals surface area contributed by atoms with E-state index in [9.17, 15) is 4.39 Å². The molecule has 0 amide bonds. The van der Waals surface area contributed by atoms with E-state index < -0.39 is 0 Å². The van der Waals surface area contributed by atoms with Crippen LogP contribution in [0.1, 0.15) is 16.7 Å². The van der Waals surface area contributed by atoms with Crippen molar-refractivity contribution in [2.24, 2.45) is 11.1 Å². The summed E-state index contributed by atoms with van der Waals surface area (Å²) in [6, 6.07) is 15.4. The molecule has 0 bridgehead atoms. The van der Waals surface area contributed by atoms with Gasteiger partial charge >= 0.3 is 0 Å². The molecule has 0 aliphatic heterocycles. The molecule has 2 aromatic rings. The Morgan fingerprint density at radius 1 is 0.947 bits per heavy atom. The number of hydrogen-bond donors (Lipinski definition) is 1. The highest BCUT2D eigenvalue weighted by molar-refractivity contribution is 5.35. The third kappa shape index (κ3) is 2.41. The van der Waals surface area contributed by atoms with Crippen LogP contribution in [0.15, 0.2) is 48.5 Å². The fraction of sp³-hybridized carbons (Fsp3) is 0.294. The number of benzene rings is 2. The van der Waals surface area contributed by atoms with Crippen LogP contribution in [-0.4, -0.2) is 6.54 Å². The van der Waals surface area contributed by atoms with Crippen LogP contribution in [-0.2, 0) is 19.3 Å². The quantitative estimate of drug-likeness (QED) is 0.896. The third-order valence-corrected chi connectivity index (χ3v) is 4.17. The predicted molar refractivity (Wildman–Crippen MR) is 75.4 cm³/mol. The summed E-state index contributed by atoms with van der Waals surface area (Å²) in [4.78, 5) is 0. The lowest BCUT2D eigenvalue weighted by Gasteiger charge is -2.27. The number of halogens is 1. The molecule has 19 heavy (non-hydrogen) atoms. The van der Waals surface area contributed by atoms with E-state index in [1.54, 1.807) is 0 Å². The van der Waals surface area contributed by atoms with Crippen molar-refractivity contribution in [3.63, 3.8) is 0 Å². The second kappa shape index (κ2) is 4.78. The molecule has 0 heterocycles. The van der Waals surface area contributed by atoms with E-state index in [-0.39, 0.29) is 11.2 Å². The molecule has 0 aromatic heterocycles. The molecule has 3 rings (SSSR count). The second-order valence-corrected chi connectivity index (χ2v) is 5.63. The highest BCUT2D eigenvalue weighted by atomic mass is 19.1. The van der Waals surface area contributed by atoms with Crippen LogP contribution < -0.4 is 5.73 Å². The zero-order chi connectivity index (χ0) is 13.3. The van der Waals surface area contributed by atoms with Crippen molar-refractivity contribution in [3.8, 4) is 0 Å². The minimum atomic E-state index is -0.180. The van der Waals surface area contributed by atoms with Gasteiger partial charge in [-0.15, -0.1) is 0 Å². The molecule has 0 saturated carbocycles. The fourth-order valence-corrected chi connectivity index (χ4v) is 3.15. The van der Waals surface area contributed by atoms with Gasteiger partial charge in [-0.2, -0.15) is 0 Å². The van der Waals surface area contributed by atoms with Crippen molar-refractivity contribution in [1.82, 2.24) is 0 Å². The summed E-state index contributed by atoms with van der Waals surface area (Å²) in [5.41, 5.74) is 10.1. The molecule has 0 unspecified atom stereocenters. The Kier molecular flexibility index (Phi) is 3.11.